The first-order chi connectivity index (χ1) is 9.56. The minimum atomic E-state index is 0.121. The zero-order valence-corrected chi connectivity index (χ0v) is 16.5. The van der Waals surface area contributed by atoms with E-state index in [-0.39, 0.29) is 7.47 Å². The normalized spacial score (nSPS) is 11.7. The molecular formula is C14H10Br4N2. The van der Waals surface area contributed by atoms with E-state index in [1.54, 1.807) is 0 Å². The monoisotopic (exact) mass is 522 g/mol. The minimum absolute atomic E-state index is 0.121. The molecule has 2 nitrogen and oxygen atoms in total. The maximum absolute atomic E-state index is 4.27. The Balaban J connectivity index is 2.21. The lowest BCUT2D eigenvalue weighted by Crippen LogP contribution is -1.79. The van der Waals surface area contributed by atoms with Crippen LogP contribution in [0.25, 0.3) is 0 Å². The van der Waals surface area contributed by atoms with E-state index in [1.807, 2.05) is 48.5 Å². The van der Waals surface area contributed by atoms with Crippen LogP contribution in [0.2, 0.25) is 0 Å². The van der Waals surface area contributed by atoms with Gasteiger partial charge in [-0.2, -0.15) is 10.2 Å². The first kappa shape index (κ1) is 16.3. The van der Waals surface area contributed by atoms with Crippen LogP contribution >= 0.6 is 63.7 Å². The van der Waals surface area contributed by atoms with Crippen LogP contribution in [0.5, 0.6) is 0 Å². The predicted molar refractivity (Wildman–Crippen MR) is 98.2 cm³/mol. The summed E-state index contributed by atoms with van der Waals surface area (Å²) in [6.07, 6.45) is 0. The van der Waals surface area contributed by atoms with Crippen molar-refractivity contribution < 1.29 is 0 Å². The first-order valence-corrected chi connectivity index (χ1v) is 9.40. The highest BCUT2D eigenvalue weighted by Crippen LogP contribution is 2.33. The lowest BCUT2D eigenvalue weighted by Gasteiger charge is -2.03. The Morgan fingerprint density at radius 2 is 1.05 bits per heavy atom. The molecule has 0 spiro atoms. The fraction of sp³-hybridized carbons (Fsp3) is 0.143. The lowest BCUT2D eigenvalue weighted by molar-refractivity contribution is 1.21. The molecule has 0 saturated carbocycles. The molecule has 2 aromatic rings. The summed E-state index contributed by atoms with van der Waals surface area (Å²) in [5.41, 5.74) is 3.87. The third kappa shape index (κ3) is 4.76. The quantitative estimate of drug-likeness (QED) is 0.289. The Kier molecular flexibility index (Phi) is 6.39. The molecule has 0 aliphatic rings. The van der Waals surface area contributed by atoms with Gasteiger partial charge in [0.05, 0.1) is 18.8 Å². The largest absolute Gasteiger partial charge is 0.151 e. The van der Waals surface area contributed by atoms with Crippen molar-refractivity contribution in [3.05, 3.63) is 59.7 Å². The van der Waals surface area contributed by atoms with Crippen LogP contribution in [0.4, 0.5) is 11.4 Å². The molecule has 2 rings (SSSR count). The molecule has 0 N–H and O–H groups in total. The smallest absolute Gasteiger partial charge is 0.0947 e. The molecule has 2 aromatic carbocycles. The van der Waals surface area contributed by atoms with Gasteiger partial charge < -0.3 is 0 Å². The number of benzene rings is 2. The predicted octanol–water partition coefficient (Wildman–Crippen LogP) is 7.68. The van der Waals surface area contributed by atoms with Gasteiger partial charge in [0.25, 0.3) is 0 Å². The second-order valence-corrected chi connectivity index (χ2v) is 10.1. The maximum Gasteiger partial charge on any atom is 0.0947 e. The highest BCUT2D eigenvalue weighted by atomic mass is 79.9. The van der Waals surface area contributed by atoms with Crippen molar-refractivity contribution in [2.45, 2.75) is 7.47 Å². The molecule has 0 fully saturated rings. The maximum atomic E-state index is 4.27. The van der Waals surface area contributed by atoms with E-state index in [2.05, 4.69) is 73.9 Å². The highest BCUT2D eigenvalue weighted by molar-refractivity contribution is 9.24. The van der Waals surface area contributed by atoms with Crippen molar-refractivity contribution in [2.75, 3.05) is 0 Å². The topological polar surface area (TPSA) is 24.7 Å². The van der Waals surface area contributed by atoms with Gasteiger partial charge in [0.1, 0.15) is 0 Å². The zero-order chi connectivity index (χ0) is 14.5. The van der Waals surface area contributed by atoms with Crippen LogP contribution in [0, 0.1) is 0 Å². The number of azo groups is 1. The van der Waals surface area contributed by atoms with Gasteiger partial charge >= 0.3 is 0 Å². The lowest BCUT2D eigenvalue weighted by atomic mass is 10.2. The third-order valence-electron chi connectivity index (χ3n) is 2.53. The summed E-state index contributed by atoms with van der Waals surface area (Å²) in [5.74, 6) is 0. The summed E-state index contributed by atoms with van der Waals surface area (Å²) in [7, 11) is 0. The van der Waals surface area contributed by atoms with Crippen LogP contribution in [0.3, 0.4) is 0 Å². The van der Waals surface area contributed by atoms with E-state index < -0.39 is 0 Å². The van der Waals surface area contributed by atoms with Crippen molar-refractivity contribution in [3.8, 4) is 0 Å². The standard InChI is InChI=1S/C14H10Br4N2/c15-13(16)9-3-1-5-11(7-9)19-20-12-6-2-4-10(8-12)14(17)18/h1-8,13-14H. The summed E-state index contributed by atoms with van der Waals surface area (Å²) in [5, 5.41) is 8.55. The second-order valence-electron chi connectivity index (χ2n) is 3.99. The van der Waals surface area contributed by atoms with Crippen LogP contribution < -0.4 is 0 Å². The Morgan fingerprint density at radius 3 is 1.40 bits per heavy atom. The van der Waals surface area contributed by atoms with E-state index >= 15 is 0 Å². The fourth-order valence-electron chi connectivity index (χ4n) is 1.56. The molecule has 104 valence electrons. The minimum Gasteiger partial charge on any atom is -0.151 e. The van der Waals surface area contributed by atoms with Gasteiger partial charge in [-0.05, 0) is 35.4 Å². The molecular weight excluding hydrogens is 516 g/mol. The molecule has 0 unspecified atom stereocenters. The molecule has 0 aliphatic carbocycles. The highest BCUT2D eigenvalue weighted by Gasteiger charge is 2.04. The Morgan fingerprint density at radius 1 is 0.650 bits per heavy atom. The molecule has 0 aromatic heterocycles. The first-order valence-electron chi connectivity index (χ1n) is 5.74. The summed E-state index contributed by atoms with van der Waals surface area (Å²) < 4.78 is 0.243. The Labute approximate surface area is 151 Å². The van der Waals surface area contributed by atoms with E-state index in [1.165, 1.54) is 0 Å². The molecule has 0 bridgehead atoms. The fourth-order valence-corrected chi connectivity index (χ4v) is 2.70. The van der Waals surface area contributed by atoms with Crippen molar-refractivity contribution in [1.82, 2.24) is 0 Å². The van der Waals surface area contributed by atoms with Crippen LogP contribution in [0.15, 0.2) is 58.8 Å². The SMILES string of the molecule is BrC(Br)c1cccc(N=Nc2cccc(C(Br)Br)c2)c1. The van der Waals surface area contributed by atoms with E-state index in [0.717, 1.165) is 22.5 Å². The summed E-state index contributed by atoms with van der Waals surface area (Å²) in [4.78, 5) is 0. The van der Waals surface area contributed by atoms with E-state index in [9.17, 15) is 0 Å². The number of rotatable bonds is 4. The van der Waals surface area contributed by atoms with Gasteiger partial charge in [-0.25, -0.2) is 0 Å². The van der Waals surface area contributed by atoms with E-state index in [0.29, 0.717) is 0 Å². The molecule has 20 heavy (non-hydrogen) atoms. The number of hydrogen-bond donors (Lipinski definition) is 0. The van der Waals surface area contributed by atoms with Gasteiger partial charge in [0.2, 0.25) is 0 Å². The molecule has 0 radical (unpaired) electrons. The molecule has 0 atom stereocenters. The molecule has 0 heterocycles. The van der Waals surface area contributed by atoms with Crippen molar-refractivity contribution in [3.63, 3.8) is 0 Å². The number of nitrogens with zero attached hydrogens (tertiary/aromatic N) is 2. The van der Waals surface area contributed by atoms with E-state index in [4.69, 9.17) is 0 Å². The van der Waals surface area contributed by atoms with Gasteiger partial charge in [-0.3, -0.25) is 0 Å². The average Bonchev–Trinajstić information content (AvgIpc) is 2.45. The summed E-state index contributed by atoms with van der Waals surface area (Å²) >= 11 is 13.9. The van der Waals surface area contributed by atoms with Gasteiger partial charge in [-0.15, -0.1) is 0 Å². The number of hydrogen-bond acceptors (Lipinski definition) is 2. The number of halogens is 4. The van der Waals surface area contributed by atoms with Crippen LogP contribution in [-0.2, 0) is 0 Å². The van der Waals surface area contributed by atoms with Crippen molar-refractivity contribution in [2.24, 2.45) is 10.2 Å². The molecule has 6 heteroatoms. The average molecular weight is 526 g/mol. The van der Waals surface area contributed by atoms with Gasteiger partial charge in [0, 0.05) is 0 Å². The molecule has 0 amide bonds. The van der Waals surface area contributed by atoms with Gasteiger partial charge in [-0.1, -0.05) is 88.0 Å². The van der Waals surface area contributed by atoms with Crippen LogP contribution in [-0.4, -0.2) is 0 Å². The zero-order valence-electron chi connectivity index (χ0n) is 10.2. The summed E-state index contributed by atoms with van der Waals surface area (Å²) in [6.45, 7) is 0. The van der Waals surface area contributed by atoms with Crippen LogP contribution in [0.1, 0.15) is 18.6 Å². The molecule has 0 saturated heterocycles. The van der Waals surface area contributed by atoms with Crippen molar-refractivity contribution >= 4 is 75.1 Å². The Bertz CT molecular complexity index is 558. The van der Waals surface area contributed by atoms with Gasteiger partial charge in [0.15, 0.2) is 0 Å². The Hall–Kier alpha value is -0.0400. The second kappa shape index (κ2) is 7.82. The number of alkyl halides is 4. The third-order valence-corrected chi connectivity index (χ3v) is 4.64. The molecule has 0 aliphatic heterocycles. The summed E-state index contributed by atoms with van der Waals surface area (Å²) in [6, 6.07) is 15.8. The van der Waals surface area contributed by atoms with Crippen molar-refractivity contribution in [1.29, 1.82) is 0 Å².